The van der Waals surface area contributed by atoms with Crippen molar-refractivity contribution in [2.45, 2.75) is 38.6 Å². The van der Waals surface area contributed by atoms with Crippen LogP contribution in [-0.2, 0) is 16.1 Å². The minimum Gasteiger partial charge on any atom is -0.408 e. The van der Waals surface area contributed by atoms with Crippen molar-refractivity contribution in [3.05, 3.63) is 34.8 Å². The number of fused-ring (bicyclic) bond motifs is 1. The zero-order valence-corrected chi connectivity index (χ0v) is 15.9. The van der Waals surface area contributed by atoms with Crippen LogP contribution in [0.1, 0.15) is 32.1 Å². The molecule has 2 saturated carbocycles. The van der Waals surface area contributed by atoms with E-state index in [4.69, 9.17) is 4.42 Å². The number of aromatic nitrogens is 1. The van der Waals surface area contributed by atoms with Crippen LogP contribution in [0.3, 0.4) is 0 Å². The third-order valence-corrected chi connectivity index (χ3v) is 6.80. The number of likely N-dealkylation sites (tertiary alicyclic amines) is 1. The van der Waals surface area contributed by atoms with Crippen LogP contribution in [0.5, 0.6) is 0 Å². The van der Waals surface area contributed by atoms with Crippen molar-refractivity contribution in [2.24, 2.45) is 17.3 Å². The number of para-hydroxylation sites is 2. The van der Waals surface area contributed by atoms with Crippen molar-refractivity contribution in [3.8, 4) is 0 Å². The molecule has 3 aliphatic rings. The van der Waals surface area contributed by atoms with E-state index >= 15 is 0 Å². The lowest BCUT2D eigenvalue weighted by atomic mass is 9.62. The molecule has 0 radical (unpaired) electrons. The van der Waals surface area contributed by atoms with Crippen molar-refractivity contribution < 1.29 is 14.0 Å². The van der Waals surface area contributed by atoms with E-state index in [0.717, 1.165) is 25.8 Å². The second kappa shape index (κ2) is 6.50. The molecular formula is C21H25N3O4. The van der Waals surface area contributed by atoms with E-state index in [1.54, 1.807) is 23.1 Å². The zero-order valence-electron chi connectivity index (χ0n) is 15.9. The zero-order chi connectivity index (χ0) is 19.3. The van der Waals surface area contributed by atoms with Gasteiger partial charge < -0.3 is 14.6 Å². The van der Waals surface area contributed by atoms with Crippen LogP contribution < -0.4 is 11.1 Å². The second-order valence-electron chi connectivity index (χ2n) is 8.65. The molecule has 0 bridgehead atoms. The molecule has 1 aromatic carbocycles. The lowest BCUT2D eigenvalue weighted by Gasteiger charge is -2.41. The SMILES string of the molecule is O=C(NCC1CC1)C1CN(C(=O)Cn2c(=O)oc3ccccc32)CC12CCC2. The number of rotatable bonds is 5. The smallest absolute Gasteiger partial charge is 0.408 e. The third-order valence-electron chi connectivity index (χ3n) is 6.80. The molecule has 2 aliphatic carbocycles. The highest BCUT2D eigenvalue weighted by molar-refractivity contribution is 5.84. The van der Waals surface area contributed by atoms with E-state index in [9.17, 15) is 14.4 Å². The number of hydrogen-bond acceptors (Lipinski definition) is 4. The van der Waals surface area contributed by atoms with Crippen LogP contribution in [0, 0.1) is 17.3 Å². The maximum Gasteiger partial charge on any atom is 0.420 e. The van der Waals surface area contributed by atoms with Gasteiger partial charge in [-0.15, -0.1) is 0 Å². The summed E-state index contributed by atoms with van der Waals surface area (Å²) in [5, 5.41) is 3.10. The number of carbonyl (C=O) groups excluding carboxylic acids is 2. The highest BCUT2D eigenvalue weighted by Crippen LogP contribution is 2.51. The Labute approximate surface area is 162 Å². The summed E-state index contributed by atoms with van der Waals surface area (Å²) in [5.74, 6) is -0.0560. The molecule has 28 heavy (non-hydrogen) atoms. The minimum atomic E-state index is -0.522. The Kier molecular flexibility index (Phi) is 4.07. The first-order chi connectivity index (χ1) is 13.6. The molecular weight excluding hydrogens is 358 g/mol. The summed E-state index contributed by atoms with van der Waals surface area (Å²) in [5.41, 5.74) is 1.03. The Hall–Kier alpha value is -2.57. The first-order valence-corrected chi connectivity index (χ1v) is 10.2. The van der Waals surface area contributed by atoms with Crippen molar-refractivity contribution in [1.82, 2.24) is 14.8 Å². The Balaban J connectivity index is 1.31. The minimum absolute atomic E-state index is 0.0532. The van der Waals surface area contributed by atoms with E-state index < -0.39 is 5.76 Å². The van der Waals surface area contributed by atoms with E-state index in [1.807, 2.05) is 6.07 Å². The van der Waals surface area contributed by atoms with Gasteiger partial charge in [-0.25, -0.2) is 4.79 Å². The summed E-state index contributed by atoms with van der Waals surface area (Å²) in [4.78, 5) is 39.7. The molecule has 3 fully saturated rings. The molecule has 2 amide bonds. The molecule has 2 heterocycles. The van der Waals surface area contributed by atoms with Gasteiger partial charge in [-0.1, -0.05) is 18.6 Å². The van der Waals surface area contributed by atoms with Crippen molar-refractivity contribution in [2.75, 3.05) is 19.6 Å². The Morgan fingerprint density at radius 1 is 1.21 bits per heavy atom. The second-order valence-corrected chi connectivity index (χ2v) is 8.65. The fourth-order valence-electron chi connectivity index (χ4n) is 4.75. The first-order valence-electron chi connectivity index (χ1n) is 10.2. The lowest BCUT2D eigenvalue weighted by molar-refractivity contribution is -0.131. The monoisotopic (exact) mass is 383 g/mol. The summed E-state index contributed by atoms with van der Waals surface area (Å²) in [7, 11) is 0. The van der Waals surface area contributed by atoms with Gasteiger partial charge in [0, 0.05) is 25.0 Å². The van der Waals surface area contributed by atoms with Crippen LogP contribution >= 0.6 is 0 Å². The van der Waals surface area contributed by atoms with Crippen molar-refractivity contribution >= 4 is 22.9 Å². The predicted octanol–water partition coefficient (Wildman–Crippen LogP) is 1.75. The number of benzene rings is 1. The molecule has 5 rings (SSSR count). The maximum absolute atomic E-state index is 13.0. The van der Waals surface area contributed by atoms with Crippen LogP contribution in [-0.4, -0.2) is 40.9 Å². The average molecular weight is 383 g/mol. The van der Waals surface area contributed by atoms with Crippen LogP contribution in [0.4, 0.5) is 0 Å². The van der Waals surface area contributed by atoms with E-state index in [0.29, 0.717) is 30.1 Å². The van der Waals surface area contributed by atoms with Gasteiger partial charge in [0.05, 0.1) is 11.4 Å². The Bertz CT molecular complexity index is 983. The summed E-state index contributed by atoms with van der Waals surface area (Å²) in [6.07, 6.45) is 5.50. The molecule has 7 nitrogen and oxygen atoms in total. The number of oxazole rings is 1. The lowest BCUT2D eigenvalue weighted by Crippen LogP contribution is -2.45. The van der Waals surface area contributed by atoms with Crippen molar-refractivity contribution in [3.63, 3.8) is 0 Å². The molecule has 1 unspecified atom stereocenters. The molecule has 1 aromatic heterocycles. The molecule has 1 aliphatic heterocycles. The highest BCUT2D eigenvalue weighted by Gasteiger charge is 2.54. The van der Waals surface area contributed by atoms with Crippen LogP contribution in [0.25, 0.3) is 11.1 Å². The standard InChI is InChI=1S/C21H25N3O4/c25-18(12-24-16-4-1-2-5-17(16)28-20(24)27)23-11-15(21(13-23)8-3-9-21)19(26)22-10-14-6-7-14/h1-2,4-5,14-15H,3,6-13H2,(H,22,26). The maximum atomic E-state index is 13.0. The van der Waals surface area contributed by atoms with E-state index in [-0.39, 0.29) is 29.7 Å². The van der Waals surface area contributed by atoms with Gasteiger partial charge in [0.2, 0.25) is 11.8 Å². The fourth-order valence-corrected chi connectivity index (χ4v) is 4.75. The Morgan fingerprint density at radius 2 is 2.00 bits per heavy atom. The molecule has 1 saturated heterocycles. The quantitative estimate of drug-likeness (QED) is 0.853. The number of amides is 2. The molecule has 1 spiro atoms. The van der Waals surface area contributed by atoms with Gasteiger partial charge in [0.15, 0.2) is 5.58 Å². The van der Waals surface area contributed by atoms with Gasteiger partial charge in [0.25, 0.3) is 0 Å². The molecule has 1 atom stereocenters. The Morgan fingerprint density at radius 3 is 2.71 bits per heavy atom. The summed E-state index contributed by atoms with van der Waals surface area (Å²) in [6.45, 7) is 1.76. The third kappa shape index (κ3) is 2.93. The normalized spacial score (nSPS) is 23.1. The van der Waals surface area contributed by atoms with E-state index in [1.165, 1.54) is 17.4 Å². The van der Waals surface area contributed by atoms with Gasteiger partial charge in [0.1, 0.15) is 6.54 Å². The molecule has 7 heteroatoms. The fraction of sp³-hybridized carbons (Fsp3) is 0.571. The molecule has 1 N–H and O–H groups in total. The largest absolute Gasteiger partial charge is 0.420 e. The van der Waals surface area contributed by atoms with Crippen LogP contribution in [0.2, 0.25) is 0 Å². The van der Waals surface area contributed by atoms with Gasteiger partial charge in [-0.3, -0.25) is 14.2 Å². The van der Waals surface area contributed by atoms with Crippen molar-refractivity contribution in [1.29, 1.82) is 0 Å². The summed E-state index contributed by atoms with van der Waals surface area (Å²) in [6, 6.07) is 7.11. The summed E-state index contributed by atoms with van der Waals surface area (Å²) >= 11 is 0. The summed E-state index contributed by atoms with van der Waals surface area (Å²) < 4.78 is 6.61. The number of carbonyl (C=O) groups is 2. The van der Waals surface area contributed by atoms with Gasteiger partial charge in [-0.2, -0.15) is 0 Å². The van der Waals surface area contributed by atoms with Crippen LogP contribution in [0.15, 0.2) is 33.5 Å². The topological polar surface area (TPSA) is 84.5 Å². The first kappa shape index (κ1) is 17.5. The number of nitrogens with one attached hydrogen (secondary N) is 1. The molecule has 148 valence electrons. The van der Waals surface area contributed by atoms with Gasteiger partial charge in [-0.05, 0) is 43.7 Å². The number of nitrogens with zero attached hydrogens (tertiary/aromatic N) is 2. The predicted molar refractivity (Wildman–Crippen MR) is 103 cm³/mol. The average Bonchev–Trinajstić information content (AvgIpc) is 3.31. The molecule has 2 aromatic rings. The number of hydrogen-bond donors (Lipinski definition) is 1. The van der Waals surface area contributed by atoms with Gasteiger partial charge >= 0.3 is 5.76 Å². The highest BCUT2D eigenvalue weighted by atomic mass is 16.4. The van der Waals surface area contributed by atoms with E-state index in [2.05, 4.69) is 5.32 Å².